The molecule has 0 aromatic heterocycles. The lowest BCUT2D eigenvalue weighted by atomic mass is 10.0. The van der Waals surface area contributed by atoms with Gasteiger partial charge in [0.15, 0.2) is 0 Å². The predicted molar refractivity (Wildman–Crippen MR) is 133 cm³/mol. The van der Waals surface area contributed by atoms with Gasteiger partial charge >= 0.3 is 0 Å². The van der Waals surface area contributed by atoms with Gasteiger partial charge in [0.05, 0.1) is 6.10 Å². The van der Waals surface area contributed by atoms with Gasteiger partial charge in [-0.05, 0) is 38.5 Å². The summed E-state index contributed by atoms with van der Waals surface area (Å²) in [6, 6.07) is 0. The molecule has 174 valence electrons. The molecule has 0 fully saturated rings. The van der Waals surface area contributed by atoms with Crippen LogP contribution in [0.15, 0.2) is 12.2 Å². The van der Waals surface area contributed by atoms with Crippen LogP contribution in [0.2, 0.25) is 0 Å². The summed E-state index contributed by atoms with van der Waals surface area (Å²) in [6.45, 7) is 4.56. The van der Waals surface area contributed by atoms with Crippen LogP contribution in [0.4, 0.5) is 0 Å². The minimum atomic E-state index is -0.0417. The lowest BCUT2D eigenvalue weighted by molar-refractivity contribution is 0.147. The van der Waals surface area contributed by atoms with E-state index < -0.39 is 0 Å². The third-order valence-corrected chi connectivity index (χ3v) is 6.19. The Hall–Kier alpha value is -0.300. The van der Waals surface area contributed by atoms with Crippen molar-refractivity contribution in [3.8, 4) is 0 Å². The Morgan fingerprint density at radius 3 is 1.14 bits per heavy atom. The summed E-state index contributed by atoms with van der Waals surface area (Å²) in [5, 5.41) is 10.1. The fourth-order valence-corrected chi connectivity index (χ4v) is 4.11. The molecule has 1 N–H and O–H groups in total. The molecule has 0 aromatic carbocycles. The molecule has 0 amide bonds. The van der Waals surface area contributed by atoms with Crippen LogP contribution in [-0.2, 0) is 0 Å². The van der Waals surface area contributed by atoms with Crippen molar-refractivity contribution in [2.45, 2.75) is 168 Å². The van der Waals surface area contributed by atoms with E-state index in [-0.39, 0.29) is 6.10 Å². The van der Waals surface area contributed by atoms with Gasteiger partial charge < -0.3 is 5.11 Å². The minimum Gasteiger partial charge on any atom is -0.393 e. The van der Waals surface area contributed by atoms with Crippen LogP contribution in [0.1, 0.15) is 162 Å². The number of allylic oxidation sites excluding steroid dienone is 2. The highest BCUT2D eigenvalue weighted by molar-refractivity contribution is 4.81. The Morgan fingerprint density at radius 2 is 0.759 bits per heavy atom. The number of hydrogen-bond acceptors (Lipinski definition) is 1. The zero-order valence-corrected chi connectivity index (χ0v) is 20.4. The van der Waals surface area contributed by atoms with Crippen LogP contribution < -0.4 is 0 Å². The molecular weight excluding hydrogens is 352 g/mol. The number of unbranched alkanes of at least 4 members (excludes halogenated alkanes) is 18. The molecule has 1 nitrogen and oxygen atoms in total. The van der Waals surface area contributed by atoms with Crippen molar-refractivity contribution in [2.75, 3.05) is 0 Å². The summed E-state index contributed by atoms with van der Waals surface area (Å²) >= 11 is 0. The molecule has 29 heavy (non-hydrogen) atoms. The summed E-state index contributed by atoms with van der Waals surface area (Å²) in [6.07, 6.45) is 35.2. The first kappa shape index (κ1) is 28.7. The largest absolute Gasteiger partial charge is 0.393 e. The molecule has 0 rings (SSSR count). The molecule has 0 bridgehead atoms. The lowest BCUT2D eigenvalue weighted by Crippen LogP contribution is -2.05. The zero-order valence-electron chi connectivity index (χ0n) is 20.4. The Balaban J connectivity index is 3.18. The standard InChI is InChI=1S/C28H56O/c1-3-5-7-9-11-13-14-15-16-17-18-19-21-23-25-27-28(29)26-24-22-20-12-10-8-6-4-2/h15-16,28-29H,3-14,17-27H2,1-2H3/b16-15-. The second-order valence-electron chi connectivity index (χ2n) is 9.29. The average Bonchev–Trinajstić information content (AvgIpc) is 2.72. The summed E-state index contributed by atoms with van der Waals surface area (Å²) in [4.78, 5) is 0. The van der Waals surface area contributed by atoms with Crippen molar-refractivity contribution >= 4 is 0 Å². The van der Waals surface area contributed by atoms with E-state index >= 15 is 0 Å². The number of aliphatic hydroxyl groups is 1. The van der Waals surface area contributed by atoms with E-state index in [9.17, 15) is 5.11 Å². The van der Waals surface area contributed by atoms with E-state index in [1.54, 1.807) is 0 Å². The highest BCUT2D eigenvalue weighted by atomic mass is 16.3. The maximum atomic E-state index is 10.1. The molecule has 0 aliphatic heterocycles. The average molecular weight is 409 g/mol. The highest BCUT2D eigenvalue weighted by Gasteiger charge is 2.03. The van der Waals surface area contributed by atoms with Crippen molar-refractivity contribution in [1.29, 1.82) is 0 Å². The molecule has 0 radical (unpaired) electrons. The van der Waals surface area contributed by atoms with Crippen LogP contribution in [0.5, 0.6) is 0 Å². The minimum absolute atomic E-state index is 0.0417. The molecule has 1 heteroatoms. The predicted octanol–water partition coefficient (Wildman–Crippen LogP) is 9.92. The van der Waals surface area contributed by atoms with Gasteiger partial charge in [-0.2, -0.15) is 0 Å². The number of rotatable bonds is 24. The van der Waals surface area contributed by atoms with E-state index in [1.807, 2.05) is 0 Å². The summed E-state index contributed by atoms with van der Waals surface area (Å²) in [7, 11) is 0. The normalized spacial score (nSPS) is 12.8. The second kappa shape index (κ2) is 25.7. The zero-order chi connectivity index (χ0) is 21.3. The lowest BCUT2D eigenvalue weighted by Gasteiger charge is -2.10. The van der Waals surface area contributed by atoms with Gasteiger partial charge in [0.25, 0.3) is 0 Å². The number of hydrogen-bond donors (Lipinski definition) is 1. The maximum absolute atomic E-state index is 10.1. The first-order chi connectivity index (χ1) is 14.3. The number of aliphatic hydroxyl groups excluding tert-OH is 1. The Bertz CT molecular complexity index is 309. The summed E-state index contributed by atoms with van der Waals surface area (Å²) in [5.74, 6) is 0. The van der Waals surface area contributed by atoms with E-state index in [2.05, 4.69) is 26.0 Å². The molecule has 1 unspecified atom stereocenters. The summed E-state index contributed by atoms with van der Waals surface area (Å²) in [5.41, 5.74) is 0. The first-order valence-electron chi connectivity index (χ1n) is 13.6. The molecule has 0 aromatic rings. The van der Waals surface area contributed by atoms with E-state index in [1.165, 1.54) is 135 Å². The van der Waals surface area contributed by atoms with Crippen molar-refractivity contribution in [2.24, 2.45) is 0 Å². The Kier molecular flexibility index (Phi) is 25.5. The van der Waals surface area contributed by atoms with Gasteiger partial charge in [-0.25, -0.2) is 0 Å². The van der Waals surface area contributed by atoms with Gasteiger partial charge in [-0.3, -0.25) is 0 Å². The third kappa shape index (κ3) is 25.7. The van der Waals surface area contributed by atoms with Gasteiger partial charge in [0, 0.05) is 0 Å². The fraction of sp³-hybridized carbons (Fsp3) is 0.929. The molecule has 0 aliphatic carbocycles. The summed E-state index contributed by atoms with van der Waals surface area (Å²) < 4.78 is 0. The fourth-order valence-electron chi connectivity index (χ4n) is 4.11. The molecule has 0 spiro atoms. The van der Waals surface area contributed by atoms with Crippen LogP contribution in [0.25, 0.3) is 0 Å². The topological polar surface area (TPSA) is 20.2 Å². The van der Waals surface area contributed by atoms with Gasteiger partial charge in [0.2, 0.25) is 0 Å². The Labute approximate surface area is 185 Å². The van der Waals surface area contributed by atoms with Crippen LogP contribution >= 0.6 is 0 Å². The van der Waals surface area contributed by atoms with Crippen molar-refractivity contribution < 1.29 is 5.11 Å². The first-order valence-corrected chi connectivity index (χ1v) is 13.6. The van der Waals surface area contributed by atoms with Crippen LogP contribution in [0.3, 0.4) is 0 Å². The smallest absolute Gasteiger partial charge is 0.0540 e. The molecule has 1 atom stereocenters. The maximum Gasteiger partial charge on any atom is 0.0540 e. The highest BCUT2D eigenvalue weighted by Crippen LogP contribution is 2.15. The van der Waals surface area contributed by atoms with Gasteiger partial charge in [-0.1, -0.05) is 135 Å². The van der Waals surface area contributed by atoms with Gasteiger partial charge in [-0.15, -0.1) is 0 Å². The molecule has 0 saturated heterocycles. The van der Waals surface area contributed by atoms with Crippen molar-refractivity contribution in [3.05, 3.63) is 12.2 Å². The van der Waals surface area contributed by atoms with E-state index in [0.29, 0.717) is 0 Å². The van der Waals surface area contributed by atoms with Gasteiger partial charge in [0.1, 0.15) is 0 Å². The van der Waals surface area contributed by atoms with Crippen molar-refractivity contribution in [1.82, 2.24) is 0 Å². The quantitative estimate of drug-likeness (QED) is 0.124. The van der Waals surface area contributed by atoms with Crippen molar-refractivity contribution in [3.63, 3.8) is 0 Å². The molecule has 0 heterocycles. The van der Waals surface area contributed by atoms with Crippen LogP contribution in [0, 0.1) is 0 Å². The van der Waals surface area contributed by atoms with E-state index in [0.717, 1.165) is 12.8 Å². The second-order valence-corrected chi connectivity index (χ2v) is 9.29. The molecular formula is C28H56O. The molecule has 0 aliphatic rings. The monoisotopic (exact) mass is 408 g/mol. The third-order valence-electron chi connectivity index (χ3n) is 6.19. The Morgan fingerprint density at radius 1 is 0.448 bits per heavy atom. The SMILES string of the molecule is CCCCCCCC/C=C\CCCCCCCC(O)CCCCCCCCCC. The molecule has 0 saturated carbocycles. The van der Waals surface area contributed by atoms with E-state index in [4.69, 9.17) is 0 Å². The van der Waals surface area contributed by atoms with Crippen LogP contribution in [-0.4, -0.2) is 11.2 Å².